The van der Waals surface area contributed by atoms with Crippen LogP contribution in [0.2, 0.25) is 0 Å². The molecule has 1 N–H and O–H groups in total. The molecule has 0 spiro atoms. The zero-order valence-corrected chi connectivity index (χ0v) is 12.4. The summed E-state index contributed by atoms with van der Waals surface area (Å²) in [5, 5.41) is 6.53. The van der Waals surface area contributed by atoms with Crippen LogP contribution in [0.1, 0.15) is 30.1 Å². The number of carbonyl (C=O) groups is 1. The van der Waals surface area contributed by atoms with E-state index in [1.165, 1.54) is 0 Å². The van der Waals surface area contributed by atoms with Gasteiger partial charge in [-0.1, -0.05) is 19.0 Å². The van der Waals surface area contributed by atoms with Gasteiger partial charge in [-0.2, -0.15) is 0 Å². The van der Waals surface area contributed by atoms with Gasteiger partial charge in [-0.25, -0.2) is 0 Å². The molecule has 1 fully saturated rings. The van der Waals surface area contributed by atoms with Crippen molar-refractivity contribution < 1.29 is 14.1 Å². The molecule has 0 saturated carbocycles. The summed E-state index contributed by atoms with van der Waals surface area (Å²) in [4.78, 5) is 14.2. The predicted octanol–water partition coefficient (Wildman–Crippen LogP) is 1.07. The second-order valence-corrected chi connectivity index (χ2v) is 5.69. The second kappa shape index (κ2) is 6.85. The number of carbonyl (C=O) groups excluding carboxylic acids is 1. The highest BCUT2D eigenvalue weighted by molar-refractivity contribution is 5.91. The van der Waals surface area contributed by atoms with E-state index in [4.69, 9.17) is 9.26 Å². The maximum Gasteiger partial charge on any atom is 0.289 e. The summed E-state index contributed by atoms with van der Waals surface area (Å²) in [6, 6.07) is 1.63. The molecule has 0 radical (unpaired) electrons. The lowest BCUT2D eigenvalue weighted by Gasteiger charge is -2.33. The number of nitrogens with zero attached hydrogens (tertiary/aromatic N) is 2. The molecular weight excluding hydrogens is 258 g/mol. The van der Waals surface area contributed by atoms with E-state index in [1.807, 2.05) is 0 Å². The summed E-state index contributed by atoms with van der Waals surface area (Å²) in [5.41, 5.74) is 0.701. The number of rotatable bonds is 5. The minimum absolute atomic E-state index is 0.0375. The molecule has 1 aromatic rings. The molecule has 2 heterocycles. The summed E-state index contributed by atoms with van der Waals surface area (Å²) < 4.78 is 10.6. The number of amides is 1. The molecule has 1 amide bonds. The van der Waals surface area contributed by atoms with Gasteiger partial charge >= 0.3 is 0 Å². The van der Waals surface area contributed by atoms with Crippen LogP contribution < -0.4 is 5.32 Å². The van der Waals surface area contributed by atoms with Gasteiger partial charge in [0.1, 0.15) is 0 Å². The van der Waals surface area contributed by atoms with Crippen LogP contribution in [0.15, 0.2) is 10.6 Å². The monoisotopic (exact) mass is 281 g/mol. The first-order valence-electron chi connectivity index (χ1n) is 7.10. The number of aromatic nitrogens is 1. The highest BCUT2D eigenvalue weighted by atomic mass is 16.5. The van der Waals surface area contributed by atoms with Gasteiger partial charge in [0.05, 0.1) is 18.4 Å². The van der Waals surface area contributed by atoms with E-state index in [-0.39, 0.29) is 17.8 Å². The van der Waals surface area contributed by atoms with E-state index in [9.17, 15) is 4.79 Å². The first-order valence-corrected chi connectivity index (χ1v) is 7.10. The molecule has 1 saturated heterocycles. The lowest BCUT2D eigenvalue weighted by molar-refractivity contribution is -0.0296. The smallest absolute Gasteiger partial charge is 0.289 e. The van der Waals surface area contributed by atoms with Crippen molar-refractivity contribution in [3.05, 3.63) is 17.5 Å². The Hall–Kier alpha value is -1.40. The minimum atomic E-state index is -0.241. The van der Waals surface area contributed by atoms with Crippen molar-refractivity contribution in [3.8, 4) is 0 Å². The molecule has 0 aliphatic carbocycles. The third-order valence-electron chi connectivity index (χ3n) is 3.19. The van der Waals surface area contributed by atoms with Gasteiger partial charge in [0.2, 0.25) is 5.76 Å². The van der Waals surface area contributed by atoms with Crippen LogP contribution in [0.3, 0.4) is 0 Å². The number of morpholine rings is 1. The standard InChI is InChI=1S/C14H23N3O3/c1-10(2)8-17-4-5-19-12(9-17)7-15-14(18)13-6-11(3)16-20-13/h6,10,12H,4-5,7-9H2,1-3H3,(H,15,18). The van der Waals surface area contributed by atoms with Gasteiger partial charge in [0.15, 0.2) is 0 Å². The summed E-state index contributed by atoms with van der Waals surface area (Å²) in [6.07, 6.45) is 0.0375. The van der Waals surface area contributed by atoms with E-state index in [2.05, 4.69) is 29.2 Å². The fraction of sp³-hybridized carbons (Fsp3) is 0.714. The third-order valence-corrected chi connectivity index (χ3v) is 3.19. The highest BCUT2D eigenvalue weighted by Crippen LogP contribution is 2.08. The van der Waals surface area contributed by atoms with E-state index >= 15 is 0 Å². The van der Waals surface area contributed by atoms with Crippen molar-refractivity contribution in [2.45, 2.75) is 26.9 Å². The molecule has 0 aromatic carbocycles. The van der Waals surface area contributed by atoms with Crippen LogP contribution in [0.5, 0.6) is 0 Å². The van der Waals surface area contributed by atoms with E-state index in [0.29, 0.717) is 24.8 Å². The minimum Gasteiger partial charge on any atom is -0.374 e. The summed E-state index contributed by atoms with van der Waals surface area (Å²) >= 11 is 0. The fourth-order valence-corrected chi connectivity index (χ4v) is 2.35. The van der Waals surface area contributed by atoms with Crippen molar-refractivity contribution in [2.75, 3.05) is 32.8 Å². The third kappa shape index (κ3) is 4.31. The van der Waals surface area contributed by atoms with Crippen LogP contribution in [0.25, 0.3) is 0 Å². The first kappa shape index (κ1) is 15.0. The average Bonchev–Trinajstić information content (AvgIpc) is 2.82. The molecule has 2 rings (SSSR count). The van der Waals surface area contributed by atoms with Gasteiger partial charge in [0.25, 0.3) is 5.91 Å². The van der Waals surface area contributed by atoms with Gasteiger partial charge in [-0.15, -0.1) is 0 Å². The molecule has 6 heteroatoms. The molecule has 6 nitrogen and oxygen atoms in total. The van der Waals surface area contributed by atoms with E-state index in [0.717, 1.165) is 19.6 Å². The van der Waals surface area contributed by atoms with Crippen molar-refractivity contribution in [1.29, 1.82) is 0 Å². The molecule has 1 unspecified atom stereocenters. The Labute approximate surface area is 119 Å². The van der Waals surface area contributed by atoms with Crippen LogP contribution in [-0.4, -0.2) is 54.9 Å². The predicted molar refractivity (Wildman–Crippen MR) is 74.6 cm³/mol. The number of hydrogen-bond donors (Lipinski definition) is 1. The SMILES string of the molecule is Cc1cc(C(=O)NCC2CN(CC(C)C)CCO2)on1. The van der Waals surface area contributed by atoms with Crippen LogP contribution >= 0.6 is 0 Å². The van der Waals surface area contributed by atoms with Crippen molar-refractivity contribution in [2.24, 2.45) is 5.92 Å². The molecular formula is C14H23N3O3. The lowest BCUT2D eigenvalue weighted by Crippen LogP contribution is -2.48. The molecule has 112 valence electrons. The Bertz CT molecular complexity index is 445. The Morgan fingerprint density at radius 1 is 1.60 bits per heavy atom. The normalized spacial score (nSPS) is 20.3. The van der Waals surface area contributed by atoms with E-state index in [1.54, 1.807) is 13.0 Å². The zero-order chi connectivity index (χ0) is 14.5. The lowest BCUT2D eigenvalue weighted by atomic mass is 10.2. The Kier molecular flexibility index (Phi) is 5.14. The number of aryl methyl sites for hydroxylation is 1. The quantitative estimate of drug-likeness (QED) is 0.874. The van der Waals surface area contributed by atoms with Crippen LogP contribution in [0, 0.1) is 12.8 Å². The van der Waals surface area contributed by atoms with Crippen molar-refractivity contribution in [3.63, 3.8) is 0 Å². The molecule has 1 aliphatic rings. The molecule has 1 atom stereocenters. The average molecular weight is 281 g/mol. The Balaban J connectivity index is 1.77. The number of ether oxygens (including phenoxy) is 1. The zero-order valence-electron chi connectivity index (χ0n) is 12.4. The first-order chi connectivity index (χ1) is 9.54. The highest BCUT2D eigenvalue weighted by Gasteiger charge is 2.22. The van der Waals surface area contributed by atoms with Gasteiger partial charge in [-0.3, -0.25) is 9.69 Å². The van der Waals surface area contributed by atoms with Crippen molar-refractivity contribution >= 4 is 5.91 Å². The Morgan fingerprint density at radius 3 is 3.05 bits per heavy atom. The topological polar surface area (TPSA) is 67.6 Å². The Morgan fingerprint density at radius 2 is 2.40 bits per heavy atom. The summed E-state index contributed by atoms with van der Waals surface area (Å²) in [7, 11) is 0. The van der Waals surface area contributed by atoms with Gasteiger partial charge < -0.3 is 14.6 Å². The van der Waals surface area contributed by atoms with Gasteiger partial charge in [0, 0.05) is 32.2 Å². The maximum atomic E-state index is 11.8. The van der Waals surface area contributed by atoms with Crippen molar-refractivity contribution in [1.82, 2.24) is 15.4 Å². The number of hydrogen-bond acceptors (Lipinski definition) is 5. The second-order valence-electron chi connectivity index (χ2n) is 5.69. The molecule has 0 bridgehead atoms. The van der Waals surface area contributed by atoms with Gasteiger partial charge in [-0.05, 0) is 12.8 Å². The summed E-state index contributed by atoms with van der Waals surface area (Å²) in [6.45, 7) is 10.3. The number of nitrogens with one attached hydrogen (secondary N) is 1. The molecule has 20 heavy (non-hydrogen) atoms. The largest absolute Gasteiger partial charge is 0.374 e. The maximum absolute atomic E-state index is 11.8. The fourth-order valence-electron chi connectivity index (χ4n) is 2.35. The molecule has 1 aromatic heterocycles. The van der Waals surface area contributed by atoms with Crippen LogP contribution in [0.4, 0.5) is 0 Å². The van der Waals surface area contributed by atoms with Crippen LogP contribution in [-0.2, 0) is 4.74 Å². The molecule has 1 aliphatic heterocycles. The van der Waals surface area contributed by atoms with E-state index < -0.39 is 0 Å². The summed E-state index contributed by atoms with van der Waals surface area (Å²) in [5.74, 6) is 0.646.